The van der Waals surface area contributed by atoms with Gasteiger partial charge in [0.25, 0.3) is 0 Å². The summed E-state index contributed by atoms with van der Waals surface area (Å²) in [5.74, 6) is -0.854. The number of carbonyl (C=O) groups excluding carboxylic acids is 3. The quantitative estimate of drug-likeness (QED) is 0.377. The third kappa shape index (κ3) is 6.85. The number of allylic oxidation sites excluding steroid dienone is 3. The number of hydrogen-bond acceptors (Lipinski definition) is 9. The van der Waals surface area contributed by atoms with E-state index in [0.717, 1.165) is 11.1 Å². The first-order valence-corrected chi connectivity index (χ1v) is 14.7. The molecule has 7 unspecified atom stereocenters. The summed E-state index contributed by atoms with van der Waals surface area (Å²) in [7, 11) is 4.56. The largest absolute Gasteiger partial charge is 0.495 e. The van der Waals surface area contributed by atoms with Crippen LogP contribution in [0.1, 0.15) is 52.5 Å². The molecule has 2 saturated heterocycles. The van der Waals surface area contributed by atoms with Crippen LogP contribution in [-0.2, 0) is 35.0 Å². The smallest absolute Gasteiger partial charge is 0.409 e. The number of nitrogens with one attached hydrogen (secondary N) is 1. The lowest BCUT2D eigenvalue weighted by atomic mass is 9.83. The van der Waals surface area contributed by atoms with Crippen molar-refractivity contribution < 1.29 is 43.2 Å². The van der Waals surface area contributed by atoms with Crippen LogP contribution < -0.4 is 15.0 Å². The highest BCUT2D eigenvalue weighted by Crippen LogP contribution is 2.49. The van der Waals surface area contributed by atoms with Crippen molar-refractivity contribution in [3.05, 3.63) is 46.5 Å². The molecule has 3 aliphatic heterocycles. The van der Waals surface area contributed by atoms with E-state index in [0.29, 0.717) is 17.9 Å². The Bertz CT molecular complexity index is 1320. The Morgan fingerprint density at radius 3 is 2.65 bits per heavy atom. The molecule has 4 rings (SSSR count). The van der Waals surface area contributed by atoms with Gasteiger partial charge < -0.3 is 33.7 Å². The third-order valence-electron chi connectivity index (χ3n) is 8.51. The Hall–Kier alpha value is -3.12. The van der Waals surface area contributed by atoms with Crippen LogP contribution in [0.5, 0.6) is 5.75 Å². The van der Waals surface area contributed by atoms with E-state index in [1.807, 2.05) is 32.1 Å². The number of ether oxygens (including phenoxy) is 5. The van der Waals surface area contributed by atoms with Gasteiger partial charge in [-0.25, -0.2) is 4.79 Å². The van der Waals surface area contributed by atoms with Gasteiger partial charge in [-0.3, -0.25) is 14.9 Å². The van der Waals surface area contributed by atoms with Crippen molar-refractivity contribution in [3.8, 4) is 5.75 Å². The predicted molar refractivity (Wildman–Crippen MR) is 159 cm³/mol. The fourth-order valence-corrected chi connectivity index (χ4v) is 6.16. The van der Waals surface area contributed by atoms with Gasteiger partial charge in [-0.2, -0.15) is 0 Å². The molecule has 0 spiro atoms. The fourth-order valence-electron chi connectivity index (χ4n) is 5.85. The van der Waals surface area contributed by atoms with Gasteiger partial charge in [0, 0.05) is 32.9 Å². The number of anilines is 1. The van der Waals surface area contributed by atoms with Gasteiger partial charge in [0.05, 0.1) is 25.3 Å². The number of fused-ring (bicyclic) bond motifs is 5. The lowest BCUT2D eigenvalue weighted by Gasteiger charge is -2.42. The van der Waals surface area contributed by atoms with Crippen LogP contribution in [0.3, 0.4) is 0 Å². The molecule has 43 heavy (non-hydrogen) atoms. The zero-order valence-corrected chi connectivity index (χ0v) is 26.4. The Labute approximate surface area is 257 Å². The highest BCUT2D eigenvalue weighted by atomic mass is 35.5. The number of halogens is 1. The van der Waals surface area contributed by atoms with E-state index in [1.165, 1.54) is 19.1 Å². The van der Waals surface area contributed by atoms with Crippen LogP contribution in [0, 0.1) is 5.92 Å². The van der Waals surface area contributed by atoms with Crippen molar-refractivity contribution in [2.24, 2.45) is 5.92 Å². The molecule has 1 aromatic carbocycles. The minimum absolute atomic E-state index is 0.00655. The van der Waals surface area contributed by atoms with Gasteiger partial charge in [-0.15, -0.1) is 0 Å². The summed E-state index contributed by atoms with van der Waals surface area (Å²) in [5, 5.41) is 14.3. The van der Waals surface area contributed by atoms with Gasteiger partial charge in [-0.1, -0.05) is 49.2 Å². The second-order valence-corrected chi connectivity index (χ2v) is 12.0. The molecule has 2 amide bonds. The molecule has 0 saturated carbocycles. The van der Waals surface area contributed by atoms with Crippen molar-refractivity contribution in [2.45, 2.75) is 89.1 Å². The molecular formula is C31H41ClN2O9. The van der Waals surface area contributed by atoms with Crippen LogP contribution in [-0.4, -0.2) is 80.1 Å². The molecule has 3 aliphatic rings. The molecule has 12 heteroatoms. The van der Waals surface area contributed by atoms with E-state index in [2.05, 4.69) is 5.32 Å². The zero-order chi connectivity index (χ0) is 31.7. The minimum atomic E-state index is -1.76. The maximum atomic E-state index is 13.7. The molecule has 0 aromatic heterocycles. The maximum absolute atomic E-state index is 13.7. The van der Waals surface area contributed by atoms with E-state index >= 15 is 0 Å². The molecule has 4 bridgehead atoms. The molecular weight excluding hydrogens is 580 g/mol. The van der Waals surface area contributed by atoms with Crippen molar-refractivity contribution >= 4 is 35.3 Å². The number of carbonyl (C=O) groups is 3. The maximum Gasteiger partial charge on any atom is 0.409 e. The van der Waals surface area contributed by atoms with Crippen LogP contribution in [0.4, 0.5) is 10.5 Å². The number of alkyl carbamates (subject to hydrolysis) is 1. The van der Waals surface area contributed by atoms with Crippen LogP contribution in [0.2, 0.25) is 5.02 Å². The SMILES string of the molecule is CCC(=O)OC1CC(=O)N(C)c2cc(cc(OC)c2Cl)CC(C)=CC=CC(OC)C2(O)CC(OC(=O)N2)C(C)C2OC12C. The number of methoxy groups -OCH3 is 2. The van der Waals surface area contributed by atoms with Gasteiger partial charge in [-0.05, 0) is 38.0 Å². The van der Waals surface area contributed by atoms with Gasteiger partial charge in [0.15, 0.2) is 5.72 Å². The first-order valence-electron chi connectivity index (χ1n) is 14.3. The number of epoxide rings is 1. The minimum Gasteiger partial charge on any atom is -0.495 e. The second-order valence-electron chi connectivity index (χ2n) is 11.6. The average molecular weight is 621 g/mol. The highest BCUT2D eigenvalue weighted by Gasteiger charge is 2.64. The Kier molecular flexibility index (Phi) is 9.80. The summed E-state index contributed by atoms with van der Waals surface area (Å²) in [6.07, 6.45) is 1.81. The molecule has 2 fully saturated rings. The molecule has 1 aromatic rings. The number of esters is 1. The summed E-state index contributed by atoms with van der Waals surface area (Å²) < 4.78 is 28.6. The number of hydrogen-bond donors (Lipinski definition) is 2. The van der Waals surface area contributed by atoms with Crippen molar-refractivity contribution in [1.29, 1.82) is 0 Å². The Morgan fingerprint density at radius 1 is 1.28 bits per heavy atom. The molecule has 0 aliphatic carbocycles. The Morgan fingerprint density at radius 2 is 2.00 bits per heavy atom. The van der Waals surface area contributed by atoms with Crippen molar-refractivity contribution in [1.82, 2.24) is 5.32 Å². The summed E-state index contributed by atoms with van der Waals surface area (Å²) in [5.41, 5.74) is -0.564. The van der Waals surface area contributed by atoms with E-state index in [1.54, 1.807) is 33.0 Å². The number of amides is 2. The lowest BCUT2D eigenvalue weighted by Crippen LogP contribution is -2.63. The van der Waals surface area contributed by atoms with Crippen LogP contribution >= 0.6 is 11.6 Å². The molecule has 236 valence electrons. The number of benzene rings is 1. The number of aliphatic hydroxyl groups is 1. The van der Waals surface area contributed by atoms with Gasteiger partial charge in [0.2, 0.25) is 5.91 Å². The van der Waals surface area contributed by atoms with E-state index in [4.69, 9.17) is 35.3 Å². The standard InChI is InChI=1S/C31H41ClN2O9/c1-8-26(36)42-24-15-25(35)34(5)20-13-19(14-21(39-6)27(20)32)12-17(2)10-9-11-23(40-7)31(38)16-22(41-29(37)33-31)18(3)28-30(24,4)43-28/h9-11,13-14,18,22-24,28,38H,8,12,15-16H2,1-7H3,(H,33,37). The second kappa shape index (κ2) is 12.9. The van der Waals surface area contributed by atoms with E-state index < -0.39 is 53.7 Å². The Balaban J connectivity index is 1.79. The van der Waals surface area contributed by atoms with Gasteiger partial charge >= 0.3 is 12.1 Å². The summed E-state index contributed by atoms with van der Waals surface area (Å²) in [6, 6.07) is 3.63. The number of rotatable bonds is 4. The van der Waals surface area contributed by atoms with E-state index in [-0.39, 0.29) is 30.2 Å². The molecule has 11 nitrogen and oxygen atoms in total. The zero-order valence-electron chi connectivity index (χ0n) is 25.6. The third-order valence-corrected chi connectivity index (χ3v) is 8.89. The summed E-state index contributed by atoms with van der Waals surface area (Å²) >= 11 is 6.66. The molecule has 0 radical (unpaired) electrons. The van der Waals surface area contributed by atoms with Gasteiger partial charge in [0.1, 0.15) is 34.7 Å². The molecule has 3 heterocycles. The molecule has 2 N–H and O–H groups in total. The van der Waals surface area contributed by atoms with Crippen molar-refractivity contribution in [2.75, 3.05) is 26.2 Å². The normalized spacial score (nSPS) is 33.1. The number of nitrogens with zero attached hydrogens (tertiary/aromatic N) is 1. The monoisotopic (exact) mass is 620 g/mol. The summed E-state index contributed by atoms with van der Waals surface area (Å²) in [6.45, 7) is 7.20. The van der Waals surface area contributed by atoms with Crippen molar-refractivity contribution in [3.63, 3.8) is 0 Å². The van der Waals surface area contributed by atoms with Crippen LogP contribution in [0.25, 0.3) is 0 Å². The topological polar surface area (TPSA) is 136 Å². The average Bonchev–Trinajstić information content (AvgIpc) is 3.66. The summed E-state index contributed by atoms with van der Waals surface area (Å²) in [4.78, 5) is 40.2. The van der Waals surface area contributed by atoms with Crippen LogP contribution in [0.15, 0.2) is 35.9 Å². The first-order chi connectivity index (χ1) is 20.3. The highest BCUT2D eigenvalue weighted by molar-refractivity contribution is 6.35. The van der Waals surface area contributed by atoms with E-state index in [9.17, 15) is 19.5 Å². The lowest BCUT2D eigenvalue weighted by molar-refractivity contribution is -0.153. The first kappa shape index (κ1) is 32.8. The molecule has 7 atom stereocenters. The fraction of sp³-hybridized carbons (Fsp3) is 0.581. The predicted octanol–water partition coefficient (Wildman–Crippen LogP) is 4.08.